The number of benzene rings is 1. The van der Waals surface area contributed by atoms with Crippen molar-refractivity contribution in [3.8, 4) is 11.5 Å². The molecule has 0 spiro atoms. The van der Waals surface area contributed by atoms with Crippen molar-refractivity contribution in [1.82, 2.24) is 5.32 Å². The average Bonchev–Trinajstić information content (AvgIpc) is 2.46. The summed E-state index contributed by atoms with van der Waals surface area (Å²) in [4.78, 5) is 12.3. The van der Waals surface area contributed by atoms with E-state index in [4.69, 9.17) is 9.47 Å². The molecule has 2 rings (SSSR count). The minimum Gasteiger partial charge on any atom is -0.497 e. The van der Waals surface area contributed by atoms with E-state index in [1.165, 1.54) is 0 Å². The summed E-state index contributed by atoms with van der Waals surface area (Å²) in [6.07, 6.45) is 1.74. The van der Waals surface area contributed by atoms with Crippen LogP contribution in [0.25, 0.3) is 0 Å². The standard InChI is InChI=1S/C15H22N2O3/c1-10-6-11(4-5-16-10)15(18)17-12-7-13(19-2)9-14(8-12)20-3/h7-11,16H,4-6H2,1-3H3,(H,17,18). The number of carbonyl (C=O) groups is 1. The summed E-state index contributed by atoms with van der Waals surface area (Å²) >= 11 is 0. The number of amides is 1. The molecule has 5 heteroatoms. The lowest BCUT2D eigenvalue weighted by Crippen LogP contribution is -2.40. The number of rotatable bonds is 4. The molecule has 1 saturated heterocycles. The molecule has 0 aromatic heterocycles. The topological polar surface area (TPSA) is 59.6 Å². The molecule has 0 radical (unpaired) electrons. The summed E-state index contributed by atoms with van der Waals surface area (Å²) in [7, 11) is 3.18. The highest BCUT2D eigenvalue weighted by atomic mass is 16.5. The van der Waals surface area contributed by atoms with Crippen molar-refractivity contribution in [2.45, 2.75) is 25.8 Å². The van der Waals surface area contributed by atoms with Crippen LogP contribution in [0.15, 0.2) is 18.2 Å². The highest BCUT2D eigenvalue weighted by Gasteiger charge is 2.24. The Kier molecular flexibility index (Phi) is 4.84. The molecule has 20 heavy (non-hydrogen) atoms. The summed E-state index contributed by atoms with van der Waals surface area (Å²) in [6, 6.07) is 5.76. The minimum absolute atomic E-state index is 0.0587. The number of ether oxygens (including phenoxy) is 2. The molecule has 0 bridgehead atoms. The molecular weight excluding hydrogens is 256 g/mol. The fourth-order valence-corrected chi connectivity index (χ4v) is 2.49. The van der Waals surface area contributed by atoms with Crippen LogP contribution in [-0.2, 0) is 4.79 Å². The Morgan fingerprint density at radius 2 is 1.90 bits per heavy atom. The van der Waals surface area contributed by atoms with Crippen LogP contribution in [0.4, 0.5) is 5.69 Å². The van der Waals surface area contributed by atoms with Crippen molar-refractivity contribution >= 4 is 11.6 Å². The van der Waals surface area contributed by atoms with E-state index in [1.807, 2.05) is 0 Å². The molecule has 1 fully saturated rings. The molecule has 2 unspecified atom stereocenters. The predicted octanol–water partition coefficient (Wildman–Crippen LogP) is 2.03. The van der Waals surface area contributed by atoms with E-state index in [1.54, 1.807) is 32.4 Å². The van der Waals surface area contributed by atoms with E-state index in [2.05, 4.69) is 17.6 Å². The Hall–Kier alpha value is -1.75. The van der Waals surface area contributed by atoms with E-state index in [9.17, 15) is 4.79 Å². The third-order valence-corrected chi connectivity index (χ3v) is 3.61. The molecule has 1 amide bonds. The van der Waals surface area contributed by atoms with Gasteiger partial charge >= 0.3 is 0 Å². The van der Waals surface area contributed by atoms with Gasteiger partial charge in [0.2, 0.25) is 5.91 Å². The molecule has 110 valence electrons. The van der Waals surface area contributed by atoms with E-state index < -0.39 is 0 Å². The van der Waals surface area contributed by atoms with Crippen LogP contribution in [0.1, 0.15) is 19.8 Å². The van der Waals surface area contributed by atoms with Gasteiger partial charge in [0, 0.05) is 35.8 Å². The third kappa shape index (κ3) is 3.63. The summed E-state index contributed by atoms with van der Waals surface area (Å²) < 4.78 is 10.4. The van der Waals surface area contributed by atoms with Gasteiger partial charge < -0.3 is 20.1 Å². The van der Waals surface area contributed by atoms with Crippen LogP contribution in [0.2, 0.25) is 0 Å². The minimum atomic E-state index is 0.0587. The molecule has 1 aliphatic rings. The van der Waals surface area contributed by atoms with E-state index in [0.29, 0.717) is 23.2 Å². The maximum atomic E-state index is 12.3. The van der Waals surface area contributed by atoms with Crippen LogP contribution in [0.5, 0.6) is 11.5 Å². The summed E-state index contributed by atoms with van der Waals surface area (Å²) in [6.45, 7) is 2.99. The maximum absolute atomic E-state index is 12.3. The molecule has 5 nitrogen and oxygen atoms in total. The molecular formula is C15H22N2O3. The molecule has 2 N–H and O–H groups in total. The third-order valence-electron chi connectivity index (χ3n) is 3.61. The molecule has 1 aromatic carbocycles. The number of methoxy groups -OCH3 is 2. The van der Waals surface area contributed by atoms with Gasteiger partial charge in [-0.05, 0) is 26.3 Å². The molecule has 2 atom stereocenters. The number of hydrogen-bond acceptors (Lipinski definition) is 4. The van der Waals surface area contributed by atoms with Gasteiger partial charge in [0.1, 0.15) is 11.5 Å². The zero-order chi connectivity index (χ0) is 14.5. The Labute approximate surface area is 119 Å². The van der Waals surface area contributed by atoms with Gasteiger partial charge in [-0.3, -0.25) is 4.79 Å². The lowest BCUT2D eigenvalue weighted by Gasteiger charge is -2.27. The van der Waals surface area contributed by atoms with E-state index in [0.717, 1.165) is 19.4 Å². The SMILES string of the molecule is COc1cc(NC(=O)C2CCNC(C)C2)cc(OC)c1. The van der Waals surface area contributed by atoms with Crippen LogP contribution in [0.3, 0.4) is 0 Å². The van der Waals surface area contributed by atoms with Crippen LogP contribution >= 0.6 is 0 Å². The van der Waals surface area contributed by atoms with Gasteiger partial charge in [0.25, 0.3) is 0 Å². The second kappa shape index (κ2) is 6.61. The Morgan fingerprint density at radius 3 is 2.45 bits per heavy atom. The Bertz CT molecular complexity index is 454. The van der Waals surface area contributed by atoms with Crippen molar-refractivity contribution in [2.24, 2.45) is 5.92 Å². The number of hydrogen-bond donors (Lipinski definition) is 2. The second-order valence-electron chi connectivity index (χ2n) is 5.17. The van der Waals surface area contributed by atoms with Crippen LogP contribution in [0, 0.1) is 5.92 Å². The van der Waals surface area contributed by atoms with Crippen molar-refractivity contribution in [2.75, 3.05) is 26.1 Å². The molecule has 1 aromatic rings. The molecule has 1 heterocycles. The van der Waals surface area contributed by atoms with Gasteiger partial charge in [-0.1, -0.05) is 0 Å². The highest BCUT2D eigenvalue weighted by Crippen LogP contribution is 2.27. The lowest BCUT2D eigenvalue weighted by molar-refractivity contribution is -0.120. The zero-order valence-corrected chi connectivity index (χ0v) is 12.2. The van der Waals surface area contributed by atoms with Gasteiger partial charge in [0.05, 0.1) is 14.2 Å². The average molecular weight is 278 g/mol. The number of piperidine rings is 1. The first-order valence-electron chi connectivity index (χ1n) is 6.89. The van der Waals surface area contributed by atoms with Crippen molar-refractivity contribution in [3.05, 3.63) is 18.2 Å². The number of carbonyl (C=O) groups excluding carboxylic acids is 1. The first kappa shape index (κ1) is 14.7. The normalized spacial score (nSPS) is 22.1. The van der Waals surface area contributed by atoms with E-state index >= 15 is 0 Å². The van der Waals surface area contributed by atoms with Crippen LogP contribution in [-0.4, -0.2) is 32.7 Å². The molecule has 0 aliphatic carbocycles. The number of anilines is 1. The monoisotopic (exact) mass is 278 g/mol. The Balaban J connectivity index is 2.06. The highest BCUT2D eigenvalue weighted by molar-refractivity contribution is 5.93. The van der Waals surface area contributed by atoms with Gasteiger partial charge in [-0.2, -0.15) is 0 Å². The smallest absolute Gasteiger partial charge is 0.227 e. The largest absolute Gasteiger partial charge is 0.497 e. The summed E-state index contributed by atoms with van der Waals surface area (Å²) in [5.41, 5.74) is 0.706. The fraction of sp³-hybridized carbons (Fsp3) is 0.533. The molecule has 0 saturated carbocycles. The zero-order valence-electron chi connectivity index (χ0n) is 12.2. The predicted molar refractivity (Wildman–Crippen MR) is 78.4 cm³/mol. The first-order chi connectivity index (χ1) is 9.62. The second-order valence-corrected chi connectivity index (χ2v) is 5.17. The quantitative estimate of drug-likeness (QED) is 0.884. The van der Waals surface area contributed by atoms with Crippen molar-refractivity contribution in [1.29, 1.82) is 0 Å². The lowest BCUT2D eigenvalue weighted by atomic mass is 9.92. The van der Waals surface area contributed by atoms with Gasteiger partial charge in [-0.25, -0.2) is 0 Å². The van der Waals surface area contributed by atoms with E-state index in [-0.39, 0.29) is 11.8 Å². The summed E-state index contributed by atoms with van der Waals surface area (Å²) in [5.74, 6) is 1.45. The van der Waals surface area contributed by atoms with Crippen molar-refractivity contribution in [3.63, 3.8) is 0 Å². The maximum Gasteiger partial charge on any atom is 0.227 e. The first-order valence-corrected chi connectivity index (χ1v) is 6.89. The fourth-order valence-electron chi connectivity index (χ4n) is 2.49. The number of nitrogens with one attached hydrogen (secondary N) is 2. The van der Waals surface area contributed by atoms with Gasteiger partial charge in [-0.15, -0.1) is 0 Å². The van der Waals surface area contributed by atoms with Crippen molar-refractivity contribution < 1.29 is 14.3 Å². The van der Waals surface area contributed by atoms with Crippen LogP contribution < -0.4 is 20.1 Å². The summed E-state index contributed by atoms with van der Waals surface area (Å²) in [5, 5.41) is 6.30. The molecule has 1 aliphatic heterocycles. The Morgan fingerprint density at radius 1 is 1.25 bits per heavy atom. The van der Waals surface area contributed by atoms with Gasteiger partial charge in [0.15, 0.2) is 0 Å².